The zero-order chi connectivity index (χ0) is 18.9. The molecule has 1 unspecified atom stereocenters. The Balaban J connectivity index is 1.47. The van der Waals surface area contributed by atoms with Crippen molar-refractivity contribution in [2.45, 2.75) is 69.0 Å². The maximum Gasteiger partial charge on any atom is 0.240 e. The van der Waals surface area contributed by atoms with Crippen LogP contribution in [0.25, 0.3) is 0 Å². The van der Waals surface area contributed by atoms with Gasteiger partial charge < -0.3 is 9.30 Å². The van der Waals surface area contributed by atoms with Gasteiger partial charge in [0.25, 0.3) is 0 Å². The summed E-state index contributed by atoms with van der Waals surface area (Å²) in [6, 6.07) is 5.48. The lowest BCUT2D eigenvalue weighted by atomic mass is 9.92. The Morgan fingerprint density at radius 2 is 1.96 bits per heavy atom. The van der Waals surface area contributed by atoms with Gasteiger partial charge in [0.2, 0.25) is 10.0 Å². The number of aromatic nitrogens is 3. The molecule has 4 rings (SSSR count). The normalized spacial score (nSPS) is 20.0. The number of fused-ring (bicyclic) bond motifs is 2. The van der Waals surface area contributed by atoms with Gasteiger partial charge >= 0.3 is 0 Å². The van der Waals surface area contributed by atoms with E-state index >= 15 is 0 Å². The number of aryl methyl sites for hydroxylation is 3. The van der Waals surface area contributed by atoms with Crippen LogP contribution in [0.3, 0.4) is 0 Å². The monoisotopic (exact) mass is 390 g/mol. The van der Waals surface area contributed by atoms with Crippen LogP contribution in [0.4, 0.5) is 0 Å². The average molecular weight is 391 g/mol. The van der Waals surface area contributed by atoms with Crippen LogP contribution in [0.5, 0.6) is 0 Å². The van der Waals surface area contributed by atoms with Crippen LogP contribution in [0, 0.1) is 0 Å². The molecule has 2 aliphatic rings. The largest absolute Gasteiger partial charge is 0.377 e. The van der Waals surface area contributed by atoms with Gasteiger partial charge in [-0.1, -0.05) is 6.07 Å². The van der Waals surface area contributed by atoms with Gasteiger partial charge in [0.1, 0.15) is 12.4 Å². The second-order valence-corrected chi connectivity index (χ2v) is 9.11. The van der Waals surface area contributed by atoms with Crippen molar-refractivity contribution in [1.82, 2.24) is 19.5 Å². The molecule has 0 saturated carbocycles. The zero-order valence-corrected chi connectivity index (χ0v) is 16.5. The van der Waals surface area contributed by atoms with E-state index in [1.165, 1.54) is 17.5 Å². The van der Waals surface area contributed by atoms with Crippen molar-refractivity contribution in [1.29, 1.82) is 0 Å². The van der Waals surface area contributed by atoms with E-state index in [0.29, 0.717) is 30.9 Å². The Bertz CT molecular complexity index is 923. The number of nitrogens with one attached hydrogen (secondary N) is 1. The molecule has 1 aromatic heterocycles. The van der Waals surface area contributed by atoms with Crippen LogP contribution in [0.2, 0.25) is 0 Å². The molecule has 8 heteroatoms. The van der Waals surface area contributed by atoms with E-state index in [1.807, 2.05) is 12.1 Å². The highest BCUT2D eigenvalue weighted by Crippen LogP contribution is 2.25. The molecular formula is C19H26N4O3S. The Kier molecular flexibility index (Phi) is 5.29. The molecule has 2 aromatic rings. The predicted octanol–water partition coefficient (Wildman–Crippen LogP) is 1.99. The summed E-state index contributed by atoms with van der Waals surface area (Å²) in [5.74, 6) is 1.70. The summed E-state index contributed by atoms with van der Waals surface area (Å²) in [5.41, 5.74) is 2.47. The summed E-state index contributed by atoms with van der Waals surface area (Å²) >= 11 is 0. The van der Waals surface area contributed by atoms with Crippen LogP contribution in [0.1, 0.15) is 48.5 Å². The molecule has 27 heavy (non-hydrogen) atoms. The third kappa shape index (κ3) is 3.93. The van der Waals surface area contributed by atoms with Crippen LogP contribution in [-0.4, -0.2) is 36.3 Å². The second-order valence-electron chi connectivity index (χ2n) is 7.40. The minimum absolute atomic E-state index is 0.108. The van der Waals surface area contributed by atoms with Crippen molar-refractivity contribution in [3.05, 3.63) is 41.0 Å². The predicted molar refractivity (Wildman–Crippen MR) is 101 cm³/mol. The average Bonchev–Trinajstić information content (AvgIpc) is 2.94. The molecule has 0 saturated heterocycles. The fraction of sp³-hybridized carbons (Fsp3) is 0.579. The molecule has 0 amide bonds. The molecule has 1 aromatic carbocycles. The van der Waals surface area contributed by atoms with Crippen molar-refractivity contribution in [2.75, 3.05) is 7.11 Å². The Hall–Kier alpha value is -1.77. The number of methoxy groups -OCH3 is 1. The van der Waals surface area contributed by atoms with E-state index in [-0.39, 0.29) is 6.04 Å². The van der Waals surface area contributed by atoms with E-state index in [0.717, 1.165) is 37.3 Å². The summed E-state index contributed by atoms with van der Waals surface area (Å²) < 4.78 is 36.0. The van der Waals surface area contributed by atoms with Crippen molar-refractivity contribution >= 4 is 10.0 Å². The third-order valence-electron chi connectivity index (χ3n) is 5.55. The lowest BCUT2D eigenvalue weighted by Gasteiger charge is -2.19. The fourth-order valence-electron chi connectivity index (χ4n) is 4.07. The zero-order valence-electron chi connectivity index (χ0n) is 15.6. The van der Waals surface area contributed by atoms with Crippen LogP contribution in [0.15, 0.2) is 23.1 Å². The number of nitrogens with zero attached hydrogens (tertiary/aromatic N) is 3. The van der Waals surface area contributed by atoms with Gasteiger partial charge in [0, 0.05) is 26.1 Å². The minimum atomic E-state index is -3.52. The van der Waals surface area contributed by atoms with Gasteiger partial charge in [-0.3, -0.25) is 0 Å². The van der Waals surface area contributed by atoms with Gasteiger partial charge in [0.15, 0.2) is 5.82 Å². The van der Waals surface area contributed by atoms with E-state index in [1.54, 1.807) is 13.2 Å². The fourth-order valence-corrected chi connectivity index (χ4v) is 5.42. The van der Waals surface area contributed by atoms with Crippen LogP contribution < -0.4 is 4.72 Å². The van der Waals surface area contributed by atoms with Crippen molar-refractivity contribution in [2.24, 2.45) is 0 Å². The number of benzene rings is 1. The van der Waals surface area contributed by atoms with Gasteiger partial charge in [0.05, 0.1) is 4.90 Å². The SMILES string of the molecule is COCc1nnc2n1CCC(NS(=O)(=O)c1ccc3c(c1)CCCC3)CC2. The number of ether oxygens (including phenoxy) is 1. The summed E-state index contributed by atoms with van der Waals surface area (Å²) in [5, 5.41) is 8.39. The quantitative estimate of drug-likeness (QED) is 0.844. The maximum atomic E-state index is 12.9. The maximum absolute atomic E-state index is 12.9. The third-order valence-corrected chi connectivity index (χ3v) is 7.07. The lowest BCUT2D eigenvalue weighted by molar-refractivity contribution is 0.173. The van der Waals surface area contributed by atoms with E-state index in [9.17, 15) is 8.42 Å². The van der Waals surface area contributed by atoms with Crippen LogP contribution in [-0.2, 0) is 47.2 Å². The molecule has 0 fully saturated rings. The van der Waals surface area contributed by atoms with Crippen molar-refractivity contribution in [3.8, 4) is 0 Å². The molecule has 1 aliphatic carbocycles. The van der Waals surface area contributed by atoms with Crippen molar-refractivity contribution < 1.29 is 13.2 Å². The van der Waals surface area contributed by atoms with E-state index in [2.05, 4.69) is 19.5 Å². The molecule has 0 spiro atoms. The van der Waals surface area contributed by atoms with Crippen LogP contribution >= 0.6 is 0 Å². The van der Waals surface area contributed by atoms with Gasteiger partial charge in [-0.15, -0.1) is 10.2 Å². The van der Waals surface area contributed by atoms with E-state index < -0.39 is 10.0 Å². The second kappa shape index (κ2) is 7.69. The smallest absolute Gasteiger partial charge is 0.240 e. The minimum Gasteiger partial charge on any atom is -0.377 e. The molecule has 0 bridgehead atoms. The number of sulfonamides is 1. The first kappa shape index (κ1) is 18.6. The van der Waals surface area contributed by atoms with Crippen molar-refractivity contribution in [3.63, 3.8) is 0 Å². The van der Waals surface area contributed by atoms with E-state index in [4.69, 9.17) is 4.74 Å². The molecule has 1 atom stereocenters. The van der Waals surface area contributed by atoms with Gasteiger partial charge in [-0.05, 0) is 61.8 Å². The van der Waals surface area contributed by atoms with Gasteiger partial charge in [-0.25, -0.2) is 13.1 Å². The molecule has 2 heterocycles. The summed E-state index contributed by atoms with van der Waals surface area (Å²) in [7, 11) is -1.89. The first-order valence-corrected chi connectivity index (χ1v) is 11.1. The molecular weight excluding hydrogens is 364 g/mol. The standard InChI is InChI=1S/C19H26N4O3S/c1-26-13-19-21-20-18-9-7-16(10-11-23(18)19)22-27(24,25)17-8-6-14-4-2-3-5-15(14)12-17/h6,8,12,16,22H,2-5,7,9-11,13H2,1H3. The molecule has 1 N–H and O–H groups in total. The Morgan fingerprint density at radius 3 is 2.78 bits per heavy atom. The number of rotatable bonds is 5. The molecule has 1 aliphatic heterocycles. The number of hydrogen-bond donors (Lipinski definition) is 1. The highest BCUT2D eigenvalue weighted by atomic mass is 32.2. The topological polar surface area (TPSA) is 86.1 Å². The molecule has 146 valence electrons. The molecule has 7 nitrogen and oxygen atoms in total. The first-order valence-electron chi connectivity index (χ1n) is 9.61. The van der Waals surface area contributed by atoms with Gasteiger partial charge in [-0.2, -0.15) is 0 Å². The highest BCUT2D eigenvalue weighted by molar-refractivity contribution is 7.89. The highest BCUT2D eigenvalue weighted by Gasteiger charge is 2.25. The summed E-state index contributed by atoms with van der Waals surface area (Å²) in [6.07, 6.45) is 6.48. The lowest BCUT2D eigenvalue weighted by Crippen LogP contribution is -2.35. The Morgan fingerprint density at radius 1 is 1.15 bits per heavy atom. The first-order chi connectivity index (χ1) is 13.1. The summed E-state index contributed by atoms with van der Waals surface area (Å²) in [4.78, 5) is 0.381. The summed E-state index contributed by atoms with van der Waals surface area (Å²) in [6.45, 7) is 1.11. The number of hydrogen-bond acceptors (Lipinski definition) is 5. The molecule has 0 radical (unpaired) electrons. The Labute approximate surface area is 160 Å².